The minimum atomic E-state index is -0.700. The van der Waals surface area contributed by atoms with E-state index in [1.807, 2.05) is 10.3 Å². The van der Waals surface area contributed by atoms with Gasteiger partial charge < -0.3 is 10.4 Å². The number of nitrogens with zero attached hydrogens (tertiary/aromatic N) is 3. The van der Waals surface area contributed by atoms with Crippen molar-refractivity contribution in [2.45, 2.75) is 38.6 Å². The van der Waals surface area contributed by atoms with Gasteiger partial charge in [0.25, 0.3) is 0 Å². The highest BCUT2D eigenvalue weighted by Gasteiger charge is 2.54. The second-order valence-electron chi connectivity index (χ2n) is 7.90. The van der Waals surface area contributed by atoms with Crippen molar-refractivity contribution >= 4 is 28.3 Å². The number of carbonyl (C=O) groups is 2. The van der Waals surface area contributed by atoms with Crippen molar-refractivity contribution in [2.75, 3.05) is 38.0 Å². The molecule has 8 heteroatoms. The predicted molar refractivity (Wildman–Crippen MR) is 99.1 cm³/mol. The standard InChI is InChI=1S/C18H26N4O3S/c23-15(10-22-8-13-4-3-5-18(13,12-22)16(24)25)20-17-19-14(11-26-17)9-21-6-1-2-7-21/h11,13H,1-10,12H2,(H,24,25)(H,19,20,23)/t13-,18+/m0/s1. The Morgan fingerprint density at radius 3 is 2.85 bits per heavy atom. The number of hydrogen-bond acceptors (Lipinski definition) is 6. The topological polar surface area (TPSA) is 85.8 Å². The fourth-order valence-electron chi connectivity index (χ4n) is 4.83. The van der Waals surface area contributed by atoms with Crippen molar-refractivity contribution in [3.8, 4) is 0 Å². The summed E-state index contributed by atoms with van der Waals surface area (Å²) in [6, 6.07) is 0. The molecule has 2 aliphatic heterocycles. The zero-order chi connectivity index (χ0) is 18.1. The van der Waals surface area contributed by atoms with E-state index in [1.165, 1.54) is 24.2 Å². The highest BCUT2D eigenvalue weighted by molar-refractivity contribution is 7.13. The van der Waals surface area contributed by atoms with E-state index in [4.69, 9.17) is 0 Å². The van der Waals surface area contributed by atoms with Crippen LogP contribution in [-0.2, 0) is 16.1 Å². The van der Waals surface area contributed by atoms with Gasteiger partial charge in [0.1, 0.15) is 0 Å². The zero-order valence-corrected chi connectivity index (χ0v) is 15.8. The molecule has 0 bridgehead atoms. The van der Waals surface area contributed by atoms with Crippen molar-refractivity contribution < 1.29 is 14.7 Å². The van der Waals surface area contributed by atoms with Crippen molar-refractivity contribution in [2.24, 2.45) is 11.3 Å². The van der Waals surface area contributed by atoms with Crippen LogP contribution in [0, 0.1) is 11.3 Å². The molecule has 1 aromatic heterocycles. The number of rotatable bonds is 6. The average molecular weight is 378 g/mol. The van der Waals surface area contributed by atoms with Crippen LogP contribution in [0.4, 0.5) is 5.13 Å². The Kier molecular flexibility index (Phi) is 4.98. The number of carboxylic acid groups (broad SMARTS) is 1. The molecule has 0 aromatic carbocycles. The maximum absolute atomic E-state index is 12.4. The molecule has 1 aromatic rings. The molecule has 1 amide bonds. The largest absolute Gasteiger partial charge is 0.481 e. The van der Waals surface area contributed by atoms with E-state index in [0.717, 1.165) is 44.6 Å². The van der Waals surface area contributed by atoms with Crippen LogP contribution in [0.1, 0.15) is 37.8 Å². The molecule has 0 spiro atoms. The van der Waals surface area contributed by atoms with Gasteiger partial charge >= 0.3 is 5.97 Å². The summed E-state index contributed by atoms with van der Waals surface area (Å²) in [6.07, 6.45) is 5.18. The molecule has 4 rings (SSSR count). The summed E-state index contributed by atoms with van der Waals surface area (Å²) in [5.74, 6) is -0.623. The van der Waals surface area contributed by atoms with E-state index in [9.17, 15) is 14.7 Å². The minimum absolute atomic E-state index is 0.104. The molecule has 1 saturated carbocycles. The normalized spacial score (nSPS) is 29.2. The van der Waals surface area contributed by atoms with Gasteiger partial charge in [-0.3, -0.25) is 19.4 Å². The third-order valence-corrected chi connectivity index (χ3v) is 6.92. The minimum Gasteiger partial charge on any atom is -0.481 e. The average Bonchev–Trinajstić information content (AvgIpc) is 3.32. The van der Waals surface area contributed by atoms with Crippen LogP contribution in [0.15, 0.2) is 5.38 Å². The van der Waals surface area contributed by atoms with E-state index in [0.29, 0.717) is 18.2 Å². The van der Waals surface area contributed by atoms with E-state index in [1.54, 1.807) is 0 Å². The molecule has 142 valence electrons. The van der Waals surface area contributed by atoms with Gasteiger partial charge in [-0.15, -0.1) is 11.3 Å². The molecule has 3 fully saturated rings. The van der Waals surface area contributed by atoms with E-state index >= 15 is 0 Å². The molecule has 2 saturated heterocycles. The number of aromatic nitrogens is 1. The van der Waals surface area contributed by atoms with Gasteiger partial charge in [0, 0.05) is 25.0 Å². The lowest BCUT2D eigenvalue weighted by atomic mass is 9.81. The van der Waals surface area contributed by atoms with Crippen molar-refractivity contribution in [1.29, 1.82) is 0 Å². The first-order valence-corrected chi connectivity index (χ1v) is 10.4. The molecule has 26 heavy (non-hydrogen) atoms. The molecule has 7 nitrogen and oxygen atoms in total. The number of hydrogen-bond donors (Lipinski definition) is 2. The van der Waals surface area contributed by atoms with E-state index < -0.39 is 11.4 Å². The highest BCUT2D eigenvalue weighted by Crippen LogP contribution is 2.48. The summed E-state index contributed by atoms with van der Waals surface area (Å²) in [4.78, 5) is 33.0. The van der Waals surface area contributed by atoms with Crippen LogP contribution < -0.4 is 5.32 Å². The van der Waals surface area contributed by atoms with E-state index in [2.05, 4.69) is 15.2 Å². The van der Waals surface area contributed by atoms with Crippen LogP contribution >= 0.6 is 11.3 Å². The third-order valence-electron chi connectivity index (χ3n) is 6.12. The molecule has 2 atom stereocenters. The van der Waals surface area contributed by atoms with Crippen LogP contribution in [-0.4, -0.2) is 64.5 Å². The zero-order valence-electron chi connectivity index (χ0n) is 14.9. The smallest absolute Gasteiger partial charge is 0.311 e. The second kappa shape index (κ2) is 7.25. The molecule has 2 N–H and O–H groups in total. The summed E-state index contributed by atoms with van der Waals surface area (Å²) in [5, 5.41) is 15.2. The first-order chi connectivity index (χ1) is 12.5. The highest BCUT2D eigenvalue weighted by atomic mass is 32.1. The Labute approximate surface area is 157 Å². The van der Waals surface area contributed by atoms with Gasteiger partial charge in [-0.25, -0.2) is 4.98 Å². The molecule has 0 unspecified atom stereocenters. The fraction of sp³-hybridized carbons (Fsp3) is 0.722. The number of amides is 1. The molecule has 3 aliphatic rings. The third kappa shape index (κ3) is 3.50. The van der Waals surface area contributed by atoms with Gasteiger partial charge in [0.2, 0.25) is 5.91 Å². The summed E-state index contributed by atoms with van der Waals surface area (Å²) >= 11 is 1.46. The Morgan fingerprint density at radius 1 is 1.31 bits per heavy atom. The number of thiazole rings is 1. The van der Waals surface area contributed by atoms with Crippen LogP contribution in [0.2, 0.25) is 0 Å². The number of carboxylic acids is 1. The summed E-state index contributed by atoms with van der Waals surface area (Å²) < 4.78 is 0. The molecule has 0 radical (unpaired) electrons. The first kappa shape index (κ1) is 17.9. The number of fused-ring (bicyclic) bond motifs is 1. The van der Waals surface area contributed by atoms with Gasteiger partial charge in [-0.2, -0.15) is 0 Å². The second-order valence-corrected chi connectivity index (χ2v) is 8.75. The lowest BCUT2D eigenvalue weighted by molar-refractivity contribution is -0.149. The fourth-order valence-corrected chi connectivity index (χ4v) is 5.55. The monoisotopic (exact) mass is 378 g/mol. The van der Waals surface area contributed by atoms with Crippen LogP contribution in [0.3, 0.4) is 0 Å². The Bertz CT molecular complexity index is 688. The summed E-state index contributed by atoms with van der Waals surface area (Å²) in [6.45, 7) is 4.53. The summed E-state index contributed by atoms with van der Waals surface area (Å²) in [5.41, 5.74) is 0.373. The Balaban J connectivity index is 1.29. The van der Waals surface area contributed by atoms with Gasteiger partial charge in [0.15, 0.2) is 5.13 Å². The molecule has 3 heterocycles. The molecular weight excluding hydrogens is 352 g/mol. The van der Waals surface area contributed by atoms with Gasteiger partial charge in [0.05, 0.1) is 17.7 Å². The lowest BCUT2D eigenvalue weighted by Crippen LogP contribution is -2.37. The maximum atomic E-state index is 12.4. The van der Waals surface area contributed by atoms with E-state index in [-0.39, 0.29) is 18.4 Å². The molecule has 1 aliphatic carbocycles. The molecular formula is C18H26N4O3S. The van der Waals surface area contributed by atoms with Crippen molar-refractivity contribution in [3.05, 3.63) is 11.1 Å². The number of aliphatic carboxylic acids is 1. The van der Waals surface area contributed by atoms with Crippen molar-refractivity contribution in [3.63, 3.8) is 0 Å². The van der Waals surface area contributed by atoms with Crippen molar-refractivity contribution in [1.82, 2.24) is 14.8 Å². The number of likely N-dealkylation sites (tertiary alicyclic amines) is 2. The number of carbonyl (C=O) groups excluding carboxylic acids is 1. The van der Waals surface area contributed by atoms with Gasteiger partial charge in [-0.05, 0) is 44.7 Å². The Hall–Kier alpha value is -1.51. The quantitative estimate of drug-likeness (QED) is 0.786. The Morgan fingerprint density at radius 2 is 2.12 bits per heavy atom. The van der Waals surface area contributed by atoms with Crippen LogP contribution in [0.25, 0.3) is 0 Å². The predicted octanol–water partition coefficient (Wildman–Crippen LogP) is 1.86. The first-order valence-electron chi connectivity index (χ1n) is 9.47. The number of anilines is 1. The SMILES string of the molecule is O=C(CN1C[C@@H]2CCC[C@@]2(C(=O)O)C1)Nc1nc(CN2CCCC2)cs1. The van der Waals surface area contributed by atoms with Crippen LogP contribution in [0.5, 0.6) is 0 Å². The van der Waals surface area contributed by atoms with Gasteiger partial charge in [-0.1, -0.05) is 6.42 Å². The summed E-state index contributed by atoms with van der Waals surface area (Å²) in [7, 11) is 0. The number of nitrogens with one attached hydrogen (secondary N) is 1. The maximum Gasteiger partial charge on any atom is 0.311 e. The lowest BCUT2D eigenvalue weighted by Gasteiger charge is -2.23.